The molecule has 0 fully saturated rings. The average Bonchev–Trinajstić information content (AvgIpc) is 2.61. The summed E-state index contributed by atoms with van der Waals surface area (Å²) in [5, 5.41) is 0. The van der Waals surface area contributed by atoms with Crippen molar-refractivity contribution < 1.29 is 0 Å². The molecule has 0 N–H and O–H groups in total. The highest BCUT2D eigenvalue weighted by molar-refractivity contribution is 5.30. The molecule has 0 bridgehead atoms. The van der Waals surface area contributed by atoms with Gasteiger partial charge in [0.05, 0.1) is 0 Å². The zero-order valence-corrected chi connectivity index (χ0v) is 13.0. The summed E-state index contributed by atoms with van der Waals surface area (Å²) in [6.45, 7) is 2.34. The van der Waals surface area contributed by atoms with Crippen molar-refractivity contribution in [3.63, 3.8) is 0 Å². The first-order valence-corrected chi connectivity index (χ1v) is 7.98. The summed E-state index contributed by atoms with van der Waals surface area (Å²) in [5.41, 5.74) is 4.23. The van der Waals surface area contributed by atoms with Crippen molar-refractivity contribution in [2.45, 2.75) is 25.2 Å². The van der Waals surface area contributed by atoms with Gasteiger partial charge in [0.2, 0.25) is 0 Å². The average molecular weight is 286 g/mol. The van der Waals surface area contributed by atoms with Crippen molar-refractivity contribution in [3.05, 3.63) is 108 Å². The Morgan fingerprint density at radius 1 is 0.591 bits per heavy atom. The molecule has 3 aromatic rings. The minimum absolute atomic E-state index is 0.490. The van der Waals surface area contributed by atoms with Crippen LogP contribution in [0.25, 0.3) is 0 Å². The maximum Gasteiger partial charge on any atom is -0.00553 e. The molecule has 0 aliphatic carbocycles. The van der Waals surface area contributed by atoms with Gasteiger partial charge in [0.15, 0.2) is 0 Å². The molecule has 2 atom stereocenters. The fraction of sp³-hybridized carbons (Fsp3) is 0.182. The molecule has 0 spiro atoms. The van der Waals surface area contributed by atoms with E-state index in [1.165, 1.54) is 16.7 Å². The SMILES string of the molecule is CC(c1ccccc1)C(Cc1ccccc1)c1ccccc1. The topological polar surface area (TPSA) is 0 Å². The molecule has 3 rings (SSSR count). The third kappa shape index (κ3) is 3.46. The molecule has 0 heterocycles. The summed E-state index contributed by atoms with van der Waals surface area (Å²) >= 11 is 0. The Kier molecular flexibility index (Phi) is 4.70. The highest BCUT2D eigenvalue weighted by atomic mass is 14.2. The minimum Gasteiger partial charge on any atom is -0.0622 e. The van der Waals surface area contributed by atoms with Gasteiger partial charge >= 0.3 is 0 Å². The molecular weight excluding hydrogens is 264 g/mol. The van der Waals surface area contributed by atoms with E-state index in [1.807, 2.05) is 0 Å². The van der Waals surface area contributed by atoms with E-state index in [1.54, 1.807) is 0 Å². The monoisotopic (exact) mass is 286 g/mol. The fourth-order valence-corrected chi connectivity index (χ4v) is 3.14. The summed E-state index contributed by atoms with van der Waals surface area (Å²) in [6, 6.07) is 32.5. The van der Waals surface area contributed by atoms with Gasteiger partial charge in [0.25, 0.3) is 0 Å². The van der Waals surface area contributed by atoms with E-state index in [9.17, 15) is 0 Å². The molecular formula is C22H22. The van der Waals surface area contributed by atoms with Crippen LogP contribution in [0.2, 0.25) is 0 Å². The van der Waals surface area contributed by atoms with Crippen molar-refractivity contribution in [1.29, 1.82) is 0 Å². The molecule has 0 nitrogen and oxygen atoms in total. The quantitative estimate of drug-likeness (QED) is 0.554. The van der Waals surface area contributed by atoms with Gasteiger partial charge in [-0.05, 0) is 34.9 Å². The first-order chi connectivity index (χ1) is 10.8. The van der Waals surface area contributed by atoms with E-state index in [0.717, 1.165) is 6.42 Å². The molecule has 0 radical (unpaired) electrons. The van der Waals surface area contributed by atoms with Crippen LogP contribution in [0.4, 0.5) is 0 Å². The van der Waals surface area contributed by atoms with Crippen LogP contribution in [0.1, 0.15) is 35.4 Å². The van der Waals surface area contributed by atoms with Crippen LogP contribution in [-0.2, 0) is 6.42 Å². The summed E-state index contributed by atoms with van der Waals surface area (Å²) in [6.07, 6.45) is 1.07. The molecule has 0 aromatic heterocycles. The van der Waals surface area contributed by atoms with Crippen LogP contribution < -0.4 is 0 Å². The van der Waals surface area contributed by atoms with Gasteiger partial charge in [-0.25, -0.2) is 0 Å². The second kappa shape index (κ2) is 7.09. The Balaban J connectivity index is 1.93. The Labute approximate surface area is 133 Å². The largest absolute Gasteiger partial charge is 0.0622 e. The van der Waals surface area contributed by atoms with Crippen LogP contribution in [0, 0.1) is 0 Å². The normalized spacial score (nSPS) is 13.5. The smallest absolute Gasteiger partial charge is 0.00553 e. The summed E-state index contributed by atoms with van der Waals surface area (Å²) in [5.74, 6) is 0.981. The fourth-order valence-electron chi connectivity index (χ4n) is 3.14. The molecule has 0 saturated heterocycles. The minimum atomic E-state index is 0.490. The Hall–Kier alpha value is -2.34. The molecule has 3 aromatic carbocycles. The van der Waals surface area contributed by atoms with Gasteiger partial charge in [-0.15, -0.1) is 0 Å². The van der Waals surface area contributed by atoms with Crippen molar-refractivity contribution in [2.24, 2.45) is 0 Å². The standard InChI is InChI=1S/C22H22/c1-18(20-13-7-3-8-14-20)22(21-15-9-4-10-16-21)17-19-11-5-2-6-12-19/h2-16,18,22H,17H2,1H3. The van der Waals surface area contributed by atoms with E-state index in [-0.39, 0.29) is 0 Å². The van der Waals surface area contributed by atoms with Crippen molar-refractivity contribution in [3.8, 4) is 0 Å². The lowest BCUT2D eigenvalue weighted by atomic mass is 9.79. The highest BCUT2D eigenvalue weighted by Gasteiger charge is 2.21. The van der Waals surface area contributed by atoms with Crippen molar-refractivity contribution in [1.82, 2.24) is 0 Å². The Morgan fingerprint density at radius 2 is 1.05 bits per heavy atom. The van der Waals surface area contributed by atoms with Gasteiger partial charge < -0.3 is 0 Å². The van der Waals surface area contributed by atoms with Crippen LogP contribution in [0.15, 0.2) is 91.0 Å². The molecule has 0 heteroatoms. The van der Waals surface area contributed by atoms with Crippen LogP contribution in [-0.4, -0.2) is 0 Å². The number of hydrogen-bond acceptors (Lipinski definition) is 0. The Morgan fingerprint density at radius 3 is 1.59 bits per heavy atom. The molecule has 110 valence electrons. The molecule has 0 amide bonds. The molecule has 0 aliphatic rings. The van der Waals surface area contributed by atoms with E-state index >= 15 is 0 Å². The third-order valence-electron chi connectivity index (χ3n) is 4.46. The van der Waals surface area contributed by atoms with Gasteiger partial charge in [0, 0.05) is 0 Å². The van der Waals surface area contributed by atoms with E-state index in [2.05, 4.69) is 97.9 Å². The maximum absolute atomic E-state index is 2.34. The second-order valence-corrected chi connectivity index (χ2v) is 5.91. The molecule has 0 aliphatic heterocycles. The van der Waals surface area contributed by atoms with Gasteiger partial charge in [-0.3, -0.25) is 0 Å². The van der Waals surface area contributed by atoms with Crippen molar-refractivity contribution >= 4 is 0 Å². The van der Waals surface area contributed by atoms with E-state index in [4.69, 9.17) is 0 Å². The number of benzene rings is 3. The van der Waals surface area contributed by atoms with E-state index in [0.29, 0.717) is 11.8 Å². The number of hydrogen-bond donors (Lipinski definition) is 0. The van der Waals surface area contributed by atoms with E-state index < -0.39 is 0 Å². The number of rotatable bonds is 5. The van der Waals surface area contributed by atoms with Crippen LogP contribution in [0.3, 0.4) is 0 Å². The summed E-state index contributed by atoms with van der Waals surface area (Å²) in [7, 11) is 0. The lowest BCUT2D eigenvalue weighted by Gasteiger charge is -2.25. The lowest BCUT2D eigenvalue weighted by Crippen LogP contribution is -2.11. The van der Waals surface area contributed by atoms with Gasteiger partial charge in [-0.2, -0.15) is 0 Å². The van der Waals surface area contributed by atoms with Crippen LogP contribution in [0.5, 0.6) is 0 Å². The van der Waals surface area contributed by atoms with Crippen LogP contribution >= 0.6 is 0 Å². The molecule has 2 unspecified atom stereocenters. The molecule has 0 saturated carbocycles. The van der Waals surface area contributed by atoms with Gasteiger partial charge in [0.1, 0.15) is 0 Å². The zero-order valence-electron chi connectivity index (χ0n) is 13.0. The predicted octanol–water partition coefficient (Wildman–Crippen LogP) is 5.82. The lowest BCUT2D eigenvalue weighted by molar-refractivity contribution is 0.572. The maximum atomic E-state index is 2.34. The summed E-state index contributed by atoms with van der Waals surface area (Å²) in [4.78, 5) is 0. The Bertz CT molecular complexity index is 671. The zero-order chi connectivity index (χ0) is 15.2. The first-order valence-electron chi connectivity index (χ1n) is 7.98. The summed E-state index contributed by atoms with van der Waals surface area (Å²) < 4.78 is 0. The first kappa shape index (κ1) is 14.6. The predicted molar refractivity (Wildman–Crippen MR) is 94.2 cm³/mol. The van der Waals surface area contributed by atoms with Crippen molar-refractivity contribution in [2.75, 3.05) is 0 Å². The second-order valence-electron chi connectivity index (χ2n) is 5.91. The molecule has 22 heavy (non-hydrogen) atoms. The highest BCUT2D eigenvalue weighted by Crippen LogP contribution is 2.35. The third-order valence-corrected chi connectivity index (χ3v) is 4.46. The van der Waals surface area contributed by atoms with Gasteiger partial charge in [-0.1, -0.05) is 97.9 Å².